The molecule has 1 N–H and O–H groups in total. The van der Waals surface area contributed by atoms with E-state index < -0.39 is 0 Å². The molecule has 0 saturated carbocycles. The summed E-state index contributed by atoms with van der Waals surface area (Å²) in [6.07, 6.45) is 1.90. The summed E-state index contributed by atoms with van der Waals surface area (Å²) in [5, 5.41) is 11.7. The number of fused-ring (bicyclic) bond motifs is 1. The van der Waals surface area contributed by atoms with Crippen LogP contribution < -0.4 is 0 Å². The van der Waals surface area contributed by atoms with Crippen molar-refractivity contribution in [2.45, 2.75) is 31.7 Å². The Labute approximate surface area is 125 Å². The first kappa shape index (κ1) is 14.1. The van der Waals surface area contributed by atoms with Crippen LogP contribution in [0.25, 0.3) is 10.8 Å². The molecule has 1 saturated heterocycles. The summed E-state index contributed by atoms with van der Waals surface area (Å²) < 4.78 is 0. The van der Waals surface area contributed by atoms with Crippen LogP contribution in [0.3, 0.4) is 0 Å². The van der Waals surface area contributed by atoms with Gasteiger partial charge in [0, 0.05) is 6.54 Å². The molecule has 2 aromatic carbocycles. The molecular weight excluding hydrogens is 262 g/mol. The maximum absolute atomic E-state index is 12.7. The van der Waals surface area contributed by atoms with Crippen molar-refractivity contribution >= 4 is 16.7 Å². The van der Waals surface area contributed by atoms with Crippen molar-refractivity contribution < 1.29 is 9.90 Å². The molecule has 3 nitrogen and oxygen atoms in total. The summed E-state index contributed by atoms with van der Waals surface area (Å²) in [5.41, 5.74) is 1.04. The minimum atomic E-state index is -0.165. The molecule has 0 aromatic heterocycles. The second-order valence-corrected chi connectivity index (χ2v) is 5.84. The Kier molecular flexibility index (Phi) is 3.93. The normalized spacial score (nSPS) is 19.9. The Hall–Kier alpha value is -1.87. The summed E-state index contributed by atoms with van der Waals surface area (Å²) in [6, 6.07) is 14.4. The van der Waals surface area contributed by atoms with Crippen LogP contribution in [0.5, 0.6) is 0 Å². The van der Waals surface area contributed by atoms with Gasteiger partial charge >= 0.3 is 0 Å². The molecule has 0 bridgehead atoms. The molecule has 3 heteroatoms. The van der Waals surface area contributed by atoms with Crippen LogP contribution in [0.15, 0.2) is 42.5 Å². The number of aliphatic hydroxyl groups is 1. The van der Waals surface area contributed by atoms with Gasteiger partial charge in [0.15, 0.2) is 0 Å². The zero-order chi connectivity index (χ0) is 14.8. The number of aliphatic hydroxyl groups excluding tert-OH is 1. The van der Waals surface area contributed by atoms with Crippen LogP contribution in [-0.2, 0) is 4.79 Å². The quantitative estimate of drug-likeness (QED) is 0.941. The molecule has 1 amide bonds. The Morgan fingerprint density at radius 2 is 2.05 bits per heavy atom. The van der Waals surface area contributed by atoms with Gasteiger partial charge in [0.2, 0.25) is 5.91 Å². The van der Waals surface area contributed by atoms with Gasteiger partial charge in [-0.05, 0) is 36.1 Å². The number of carbonyl (C=O) groups is 1. The van der Waals surface area contributed by atoms with Gasteiger partial charge in [0.25, 0.3) is 0 Å². The summed E-state index contributed by atoms with van der Waals surface area (Å²) in [4.78, 5) is 14.5. The second-order valence-electron chi connectivity index (χ2n) is 5.84. The second kappa shape index (κ2) is 5.86. The highest BCUT2D eigenvalue weighted by molar-refractivity contribution is 5.88. The van der Waals surface area contributed by atoms with E-state index in [0.717, 1.165) is 30.3 Å². The van der Waals surface area contributed by atoms with E-state index in [-0.39, 0.29) is 24.5 Å². The van der Waals surface area contributed by atoms with Crippen LogP contribution in [0, 0.1) is 0 Å². The van der Waals surface area contributed by atoms with Gasteiger partial charge in [-0.15, -0.1) is 0 Å². The van der Waals surface area contributed by atoms with Crippen molar-refractivity contribution in [2.24, 2.45) is 0 Å². The van der Waals surface area contributed by atoms with Crippen molar-refractivity contribution in [1.29, 1.82) is 0 Å². The third kappa shape index (κ3) is 2.66. The van der Waals surface area contributed by atoms with Gasteiger partial charge in [-0.25, -0.2) is 0 Å². The molecule has 0 spiro atoms. The Bertz CT molecular complexity index is 652. The van der Waals surface area contributed by atoms with E-state index >= 15 is 0 Å². The highest BCUT2D eigenvalue weighted by Gasteiger charge is 2.31. The van der Waals surface area contributed by atoms with Crippen molar-refractivity contribution in [2.75, 3.05) is 13.2 Å². The summed E-state index contributed by atoms with van der Waals surface area (Å²) >= 11 is 0. The monoisotopic (exact) mass is 283 g/mol. The predicted octanol–water partition coefficient (Wildman–Crippen LogP) is 2.93. The Balaban J connectivity index is 1.85. The highest BCUT2D eigenvalue weighted by Crippen LogP contribution is 2.26. The maximum Gasteiger partial charge on any atom is 0.230 e. The molecule has 0 aliphatic carbocycles. The van der Waals surface area contributed by atoms with Crippen molar-refractivity contribution in [3.05, 3.63) is 48.0 Å². The molecule has 3 rings (SSSR count). The zero-order valence-corrected chi connectivity index (χ0v) is 12.3. The van der Waals surface area contributed by atoms with Gasteiger partial charge in [0.1, 0.15) is 0 Å². The molecular formula is C18H21NO2. The van der Waals surface area contributed by atoms with Crippen LogP contribution in [0.4, 0.5) is 0 Å². The third-order valence-corrected chi connectivity index (χ3v) is 4.51. The van der Waals surface area contributed by atoms with Crippen LogP contribution in [0.2, 0.25) is 0 Å². The molecule has 1 aliphatic heterocycles. The summed E-state index contributed by atoms with van der Waals surface area (Å²) in [7, 11) is 0. The lowest BCUT2D eigenvalue weighted by atomic mass is 9.96. The lowest BCUT2D eigenvalue weighted by Gasteiger charge is -2.26. The summed E-state index contributed by atoms with van der Waals surface area (Å²) in [5.74, 6) is -0.0383. The lowest BCUT2D eigenvalue weighted by Crippen LogP contribution is -2.39. The van der Waals surface area contributed by atoms with E-state index in [1.165, 1.54) is 5.39 Å². The smallest absolute Gasteiger partial charge is 0.230 e. The predicted molar refractivity (Wildman–Crippen MR) is 84.2 cm³/mol. The first-order valence-electron chi connectivity index (χ1n) is 7.60. The first-order valence-corrected chi connectivity index (χ1v) is 7.60. The minimum Gasteiger partial charge on any atom is -0.394 e. The maximum atomic E-state index is 12.7. The van der Waals surface area contributed by atoms with Gasteiger partial charge in [-0.2, -0.15) is 0 Å². The van der Waals surface area contributed by atoms with Gasteiger partial charge in [-0.1, -0.05) is 42.5 Å². The largest absolute Gasteiger partial charge is 0.394 e. The van der Waals surface area contributed by atoms with E-state index in [9.17, 15) is 9.90 Å². The fourth-order valence-electron chi connectivity index (χ4n) is 3.18. The molecule has 2 atom stereocenters. The van der Waals surface area contributed by atoms with Gasteiger partial charge in [-0.3, -0.25) is 4.79 Å². The fraction of sp³-hybridized carbons (Fsp3) is 0.389. The SMILES string of the molecule is C[C@@H](C(=O)N1CCC[C@H]1CO)c1ccc2ccccc2c1. The van der Waals surface area contributed by atoms with Crippen molar-refractivity contribution in [3.63, 3.8) is 0 Å². The van der Waals surface area contributed by atoms with Crippen molar-refractivity contribution in [1.82, 2.24) is 4.90 Å². The molecule has 0 radical (unpaired) electrons. The van der Waals surface area contributed by atoms with Gasteiger partial charge < -0.3 is 10.0 Å². The third-order valence-electron chi connectivity index (χ3n) is 4.51. The number of benzene rings is 2. The van der Waals surface area contributed by atoms with Crippen LogP contribution in [-0.4, -0.2) is 35.1 Å². The van der Waals surface area contributed by atoms with E-state index in [2.05, 4.69) is 24.3 Å². The number of amides is 1. The molecule has 110 valence electrons. The average Bonchev–Trinajstić information content (AvgIpc) is 3.01. The number of hydrogen-bond acceptors (Lipinski definition) is 2. The van der Waals surface area contributed by atoms with E-state index in [1.807, 2.05) is 30.0 Å². The average molecular weight is 283 g/mol. The van der Waals surface area contributed by atoms with E-state index in [1.54, 1.807) is 0 Å². The van der Waals surface area contributed by atoms with Crippen LogP contribution in [0.1, 0.15) is 31.2 Å². The van der Waals surface area contributed by atoms with Crippen molar-refractivity contribution in [3.8, 4) is 0 Å². The number of rotatable bonds is 3. The first-order chi connectivity index (χ1) is 10.2. The summed E-state index contributed by atoms with van der Waals surface area (Å²) in [6.45, 7) is 2.79. The molecule has 1 heterocycles. The highest BCUT2D eigenvalue weighted by atomic mass is 16.3. The topological polar surface area (TPSA) is 40.5 Å². The molecule has 21 heavy (non-hydrogen) atoms. The van der Waals surface area contributed by atoms with E-state index in [0.29, 0.717) is 0 Å². The number of carbonyl (C=O) groups excluding carboxylic acids is 1. The number of nitrogens with zero attached hydrogens (tertiary/aromatic N) is 1. The molecule has 1 fully saturated rings. The van der Waals surface area contributed by atoms with Crippen LogP contribution >= 0.6 is 0 Å². The number of hydrogen-bond donors (Lipinski definition) is 1. The Morgan fingerprint density at radius 1 is 1.29 bits per heavy atom. The lowest BCUT2D eigenvalue weighted by molar-refractivity contribution is -0.133. The Morgan fingerprint density at radius 3 is 2.81 bits per heavy atom. The number of likely N-dealkylation sites (tertiary alicyclic amines) is 1. The minimum absolute atomic E-state index is 0.000376. The molecule has 2 aromatic rings. The zero-order valence-electron chi connectivity index (χ0n) is 12.3. The molecule has 1 aliphatic rings. The standard InChI is InChI=1S/C18H21NO2/c1-13(18(21)19-10-4-7-17(19)12-20)15-9-8-14-5-2-3-6-16(14)11-15/h2-3,5-6,8-9,11,13,17,20H,4,7,10,12H2,1H3/t13-,17+/m1/s1. The molecule has 0 unspecified atom stereocenters. The fourth-order valence-corrected chi connectivity index (χ4v) is 3.18. The van der Waals surface area contributed by atoms with E-state index in [4.69, 9.17) is 0 Å². The van der Waals surface area contributed by atoms with Gasteiger partial charge in [0.05, 0.1) is 18.6 Å².